The number of aromatic nitrogens is 5. The first kappa shape index (κ1) is 22.1. The van der Waals surface area contributed by atoms with Crippen molar-refractivity contribution in [1.29, 1.82) is 5.26 Å². The van der Waals surface area contributed by atoms with E-state index in [0.717, 1.165) is 30.7 Å². The van der Waals surface area contributed by atoms with Crippen molar-refractivity contribution in [1.82, 2.24) is 29.9 Å². The van der Waals surface area contributed by atoms with E-state index in [1.54, 1.807) is 17.9 Å². The van der Waals surface area contributed by atoms with Crippen LogP contribution in [0.25, 0.3) is 22.2 Å². The highest BCUT2D eigenvalue weighted by atomic mass is 16.5. The van der Waals surface area contributed by atoms with Crippen molar-refractivity contribution in [2.45, 2.75) is 39.8 Å². The molecule has 0 radical (unpaired) electrons. The normalized spacial score (nSPS) is 15.9. The number of nitrogens with zero attached hydrogens (tertiary/aromatic N) is 6. The molecule has 3 aromatic heterocycles. The molecule has 1 saturated heterocycles. The zero-order chi connectivity index (χ0) is 23.7. The van der Waals surface area contributed by atoms with Crippen LogP contribution in [-0.4, -0.2) is 50.1 Å². The Morgan fingerprint density at radius 2 is 1.97 bits per heavy atom. The zero-order valence-electron chi connectivity index (χ0n) is 19.9. The van der Waals surface area contributed by atoms with E-state index >= 15 is 0 Å². The lowest BCUT2D eigenvalue weighted by Crippen LogP contribution is -2.36. The van der Waals surface area contributed by atoms with Crippen LogP contribution in [0.3, 0.4) is 0 Å². The molecule has 0 unspecified atom stereocenters. The van der Waals surface area contributed by atoms with Crippen LogP contribution in [0.15, 0.2) is 42.7 Å². The fourth-order valence-corrected chi connectivity index (χ4v) is 4.50. The second-order valence-electron chi connectivity index (χ2n) is 9.84. The van der Waals surface area contributed by atoms with Crippen LogP contribution in [0.2, 0.25) is 0 Å². The maximum atomic E-state index is 9.40. The van der Waals surface area contributed by atoms with Gasteiger partial charge in [-0.3, -0.25) is 4.90 Å². The van der Waals surface area contributed by atoms with Crippen LogP contribution in [0.4, 0.5) is 0 Å². The van der Waals surface area contributed by atoms with Crippen LogP contribution < -0.4 is 4.74 Å². The van der Waals surface area contributed by atoms with Gasteiger partial charge in [0.1, 0.15) is 23.2 Å². The standard InChI is InChI=1S/C26H29N7O/c1-26(2)6-8-32(9-7-26)16-20-11-19-5-4-18(10-23(19)29-20)15-33-17-25(30-31-33)22-12-21(34-3)14-28-24(22)13-27/h4-5,10-12,14,17,29H,6-9,15-16H2,1-3H3. The molecule has 34 heavy (non-hydrogen) atoms. The third kappa shape index (κ3) is 4.66. The number of rotatable bonds is 6. The molecule has 1 aliphatic rings. The number of methoxy groups -OCH3 is 1. The van der Waals surface area contributed by atoms with Crippen molar-refractivity contribution in [3.63, 3.8) is 0 Å². The largest absolute Gasteiger partial charge is 0.495 e. The van der Waals surface area contributed by atoms with Crippen LogP contribution in [0, 0.1) is 16.7 Å². The highest BCUT2D eigenvalue weighted by Crippen LogP contribution is 2.30. The molecule has 1 aromatic carbocycles. The lowest BCUT2D eigenvalue weighted by Gasteiger charge is -2.36. The smallest absolute Gasteiger partial charge is 0.150 e. The fraction of sp³-hybridized carbons (Fsp3) is 0.385. The first-order valence-electron chi connectivity index (χ1n) is 11.6. The Bertz CT molecular complexity index is 1350. The van der Waals surface area contributed by atoms with Crippen molar-refractivity contribution >= 4 is 10.9 Å². The molecule has 0 amide bonds. The Labute approximate surface area is 199 Å². The number of nitriles is 1. The number of ether oxygens (including phenoxy) is 1. The minimum atomic E-state index is 0.297. The molecule has 8 nitrogen and oxygen atoms in total. The fourth-order valence-electron chi connectivity index (χ4n) is 4.50. The SMILES string of the molecule is COc1cnc(C#N)c(-c2cn(Cc3ccc4cc(CN5CCC(C)(C)CC5)[nH]c4c3)nn2)c1. The summed E-state index contributed by atoms with van der Waals surface area (Å²) in [5, 5.41) is 19.1. The van der Waals surface area contributed by atoms with E-state index in [2.05, 4.69) is 69.4 Å². The molecule has 0 atom stereocenters. The molecular formula is C26H29N7O. The van der Waals surface area contributed by atoms with E-state index in [9.17, 15) is 5.26 Å². The Morgan fingerprint density at radius 1 is 1.15 bits per heavy atom. The summed E-state index contributed by atoms with van der Waals surface area (Å²) >= 11 is 0. The number of benzene rings is 1. The van der Waals surface area contributed by atoms with Crippen LogP contribution in [-0.2, 0) is 13.1 Å². The average Bonchev–Trinajstić information content (AvgIpc) is 3.46. The molecule has 174 valence electrons. The zero-order valence-corrected chi connectivity index (χ0v) is 19.9. The van der Waals surface area contributed by atoms with E-state index in [4.69, 9.17) is 4.74 Å². The Hall–Kier alpha value is -3.70. The summed E-state index contributed by atoms with van der Waals surface area (Å²) in [6, 6.07) is 12.6. The van der Waals surface area contributed by atoms with Crippen molar-refractivity contribution in [3.8, 4) is 23.1 Å². The number of aromatic amines is 1. The van der Waals surface area contributed by atoms with Gasteiger partial charge in [0.05, 0.1) is 26.0 Å². The van der Waals surface area contributed by atoms with Crippen molar-refractivity contribution in [2.75, 3.05) is 20.2 Å². The van der Waals surface area contributed by atoms with Crippen LogP contribution in [0.5, 0.6) is 5.75 Å². The molecule has 1 fully saturated rings. The number of nitrogens with one attached hydrogen (secondary N) is 1. The van der Waals surface area contributed by atoms with Crippen LogP contribution >= 0.6 is 0 Å². The molecule has 4 heterocycles. The second-order valence-corrected chi connectivity index (χ2v) is 9.84. The number of fused-ring (bicyclic) bond motifs is 1. The number of likely N-dealkylation sites (tertiary alicyclic amines) is 1. The summed E-state index contributed by atoms with van der Waals surface area (Å²) in [5.74, 6) is 0.574. The molecule has 1 aliphatic heterocycles. The Balaban J connectivity index is 1.31. The van der Waals surface area contributed by atoms with Gasteiger partial charge in [-0.05, 0) is 60.5 Å². The van der Waals surface area contributed by atoms with E-state index < -0.39 is 0 Å². The lowest BCUT2D eigenvalue weighted by atomic mass is 9.83. The van der Waals surface area contributed by atoms with Gasteiger partial charge in [-0.15, -0.1) is 5.10 Å². The predicted octanol–water partition coefficient (Wildman–Crippen LogP) is 4.37. The summed E-state index contributed by atoms with van der Waals surface area (Å²) in [6.07, 6.45) is 5.86. The van der Waals surface area contributed by atoms with E-state index in [1.807, 2.05) is 6.20 Å². The first-order valence-corrected chi connectivity index (χ1v) is 11.6. The summed E-state index contributed by atoms with van der Waals surface area (Å²) in [6.45, 7) is 8.57. The first-order chi connectivity index (χ1) is 16.4. The maximum absolute atomic E-state index is 9.40. The van der Waals surface area contributed by atoms with Gasteiger partial charge in [-0.25, -0.2) is 9.67 Å². The number of piperidine rings is 1. The van der Waals surface area contributed by atoms with Crippen molar-refractivity contribution in [2.24, 2.45) is 5.41 Å². The van der Waals surface area contributed by atoms with Crippen molar-refractivity contribution in [3.05, 3.63) is 59.7 Å². The van der Waals surface area contributed by atoms with Gasteiger partial charge < -0.3 is 9.72 Å². The topological polar surface area (TPSA) is 95.7 Å². The molecule has 1 N–H and O–H groups in total. The van der Waals surface area contributed by atoms with Gasteiger partial charge in [0.15, 0.2) is 0 Å². The highest BCUT2D eigenvalue weighted by molar-refractivity contribution is 5.81. The molecule has 8 heteroatoms. The molecule has 5 rings (SSSR count). The minimum Gasteiger partial charge on any atom is -0.495 e. The predicted molar refractivity (Wildman–Crippen MR) is 130 cm³/mol. The third-order valence-corrected chi connectivity index (χ3v) is 6.71. The van der Waals surface area contributed by atoms with Gasteiger partial charge in [0.25, 0.3) is 0 Å². The highest BCUT2D eigenvalue weighted by Gasteiger charge is 2.25. The van der Waals surface area contributed by atoms with Gasteiger partial charge in [-0.2, -0.15) is 5.26 Å². The summed E-state index contributed by atoms with van der Waals surface area (Å²) in [7, 11) is 1.57. The minimum absolute atomic E-state index is 0.297. The van der Waals surface area contributed by atoms with Gasteiger partial charge in [0, 0.05) is 23.3 Å². The lowest BCUT2D eigenvalue weighted by molar-refractivity contribution is 0.126. The number of H-pyrrole nitrogens is 1. The molecule has 0 aliphatic carbocycles. The third-order valence-electron chi connectivity index (χ3n) is 6.71. The summed E-state index contributed by atoms with van der Waals surface area (Å²) in [4.78, 5) is 10.3. The van der Waals surface area contributed by atoms with Crippen molar-refractivity contribution < 1.29 is 4.74 Å². The van der Waals surface area contributed by atoms with Crippen LogP contribution in [0.1, 0.15) is 43.6 Å². The van der Waals surface area contributed by atoms with E-state index in [-0.39, 0.29) is 0 Å². The number of hydrogen-bond donors (Lipinski definition) is 1. The van der Waals surface area contributed by atoms with Gasteiger partial charge in [-0.1, -0.05) is 31.2 Å². The molecule has 0 saturated carbocycles. The number of hydrogen-bond acceptors (Lipinski definition) is 6. The van der Waals surface area contributed by atoms with E-state index in [1.165, 1.54) is 30.1 Å². The average molecular weight is 456 g/mol. The van der Waals surface area contributed by atoms with Gasteiger partial charge >= 0.3 is 0 Å². The number of pyridine rings is 1. The molecular weight excluding hydrogens is 426 g/mol. The molecule has 4 aromatic rings. The van der Waals surface area contributed by atoms with E-state index in [0.29, 0.717) is 34.7 Å². The molecule has 0 bridgehead atoms. The Kier molecular flexibility index (Phi) is 5.80. The maximum Gasteiger partial charge on any atom is 0.150 e. The van der Waals surface area contributed by atoms with Gasteiger partial charge in [0.2, 0.25) is 0 Å². The summed E-state index contributed by atoms with van der Waals surface area (Å²) < 4.78 is 7.02. The summed E-state index contributed by atoms with van der Waals surface area (Å²) in [5.41, 5.74) is 5.48. The second kappa shape index (κ2) is 8.92. The Morgan fingerprint density at radius 3 is 2.74 bits per heavy atom. The molecule has 0 spiro atoms. The monoisotopic (exact) mass is 455 g/mol. The quantitative estimate of drug-likeness (QED) is 0.464.